The molecule has 1 rings (SSSR count). The molecule has 0 radical (unpaired) electrons. The van der Waals surface area contributed by atoms with Gasteiger partial charge in [-0.05, 0) is 6.92 Å². The normalized spacial score (nSPS) is 22.2. The molecule has 1 saturated heterocycles. The van der Waals surface area contributed by atoms with Gasteiger partial charge in [-0.1, -0.05) is 6.08 Å². The molecule has 0 spiro atoms. The number of hydrogen-bond acceptors (Lipinski definition) is 2. The molecular weight excluding hydrogens is 132 g/mol. The number of amides is 3. The molecule has 0 saturated carbocycles. The first-order valence-electron chi connectivity index (χ1n) is 2.92. The fourth-order valence-corrected chi connectivity index (χ4v) is 0.721. The van der Waals surface area contributed by atoms with Gasteiger partial charge in [0.05, 0.1) is 0 Å². The summed E-state index contributed by atoms with van der Waals surface area (Å²) in [5.74, 6) is -0.271. The largest absolute Gasteiger partial charge is 0.328 e. The molecule has 10 heavy (non-hydrogen) atoms. The van der Waals surface area contributed by atoms with Gasteiger partial charge in [0.2, 0.25) is 0 Å². The van der Waals surface area contributed by atoms with E-state index in [2.05, 4.69) is 5.32 Å². The highest BCUT2D eigenvalue weighted by Crippen LogP contribution is 2.05. The van der Waals surface area contributed by atoms with Crippen molar-refractivity contribution in [3.05, 3.63) is 11.8 Å². The van der Waals surface area contributed by atoms with Crippen molar-refractivity contribution in [2.45, 2.75) is 6.92 Å². The van der Waals surface area contributed by atoms with Gasteiger partial charge < -0.3 is 5.32 Å². The fraction of sp³-hybridized carbons (Fsp3) is 0.333. The number of likely N-dealkylation sites (N-methyl/N-ethyl adjacent to an activating group) is 1. The molecule has 4 heteroatoms. The van der Waals surface area contributed by atoms with Crippen molar-refractivity contribution in [3.63, 3.8) is 0 Å². The van der Waals surface area contributed by atoms with Crippen LogP contribution in [0.15, 0.2) is 11.8 Å². The Morgan fingerprint density at radius 3 is 2.30 bits per heavy atom. The number of carbonyl (C=O) groups is 2. The highest BCUT2D eigenvalue weighted by Gasteiger charge is 2.28. The van der Waals surface area contributed by atoms with Crippen LogP contribution in [0.4, 0.5) is 4.79 Å². The fourth-order valence-electron chi connectivity index (χ4n) is 0.721. The zero-order valence-corrected chi connectivity index (χ0v) is 5.84. The molecule has 0 bridgehead atoms. The Kier molecular flexibility index (Phi) is 1.45. The van der Waals surface area contributed by atoms with E-state index in [1.165, 1.54) is 7.05 Å². The second kappa shape index (κ2) is 2.13. The molecule has 54 valence electrons. The van der Waals surface area contributed by atoms with Crippen LogP contribution in [0.1, 0.15) is 6.92 Å². The minimum Gasteiger partial charge on any atom is -0.303 e. The maximum absolute atomic E-state index is 10.9. The summed E-state index contributed by atoms with van der Waals surface area (Å²) in [4.78, 5) is 22.7. The second-order valence-corrected chi connectivity index (χ2v) is 2.00. The summed E-state index contributed by atoms with van der Waals surface area (Å²) in [6.07, 6.45) is 1.57. The van der Waals surface area contributed by atoms with Gasteiger partial charge in [0, 0.05) is 7.05 Å². The first kappa shape index (κ1) is 6.80. The highest BCUT2D eigenvalue weighted by molar-refractivity contribution is 6.11. The average molecular weight is 140 g/mol. The van der Waals surface area contributed by atoms with E-state index in [4.69, 9.17) is 0 Å². The molecule has 1 heterocycles. The minimum absolute atomic E-state index is 0.271. The molecule has 1 N–H and O–H groups in total. The molecule has 0 unspecified atom stereocenters. The van der Waals surface area contributed by atoms with Crippen LogP contribution in [0.25, 0.3) is 0 Å². The van der Waals surface area contributed by atoms with Crippen molar-refractivity contribution in [2.24, 2.45) is 0 Å². The number of rotatable bonds is 0. The molecule has 0 aromatic rings. The third-order valence-corrected chi connectivity index (χ3v) is 1.37. The molecule has 1 aliphatic rings. The molecule has 1 fully saturated rings. The second-order valence-electron chi connectivity index (χ2n) is 2.00. The van der Waals surface area contributed by atoms with Crippen LogP contribution in [0.3, 0.4) is 0 Å². The molecule has 0 aromatic carbocycles. The lowest BCUT2D eigenvalue weighted by Crippen LogP contribution is -2.25. The number of nitrogens with one attached hydrogen (secondary N) is 1. The van der Waals surface area contributed by atoms with E-state index in [0.29, 0.717) is 5.70 Å². The predicted octanol–water partition coefficient (Wildman–Crippen LogP) is 0.0718. The Labute approximate surface area is 58.5 Å². The highest BCUT2D eigenvalue weighted by atomic mass is 16.2. The maximum atomic E-state index is 10.9. The Morgan fingerprint density at radius 2 is 2.10 bits per heavy atom. The monoisotopic (exact) mass is 140 g/mol. The van der Waals surface area contributed by atoms with Crippen molar-refractivity contribution < 1.29 is 9.59 Å². The van der Waals surface area contributed by atoms with Gasteiger partial charge in [-0.25, -0.2) is 4.79 Å². The van der Waals surface area contributed by atoms with Crippen molar-refractivity contribution in [1.29, 1.82) is 0 Å². The van der Waals surface area contributed by atoms with Gasteiger partial charge in [0.25, 0.3) is 5.91 Å². The number of imide groups is 1. The Morgan fingerprint density at radius 1 is 1.50 bits per heavy atom. The lowest BCUT2D eigenvalue weighted by atomic mass is 10.4. The molecule has 3 amide bonds. The Hall–Kier alpha value is -1.32. The zero-order chi connectivity index (χ0) is 7.72. The van der Waals surface area contributed by atoms with Gasteiger partial charge in [-0.2, -0.15) is 0 Å². The zero-order valence-electron chi connectivity index (χ0n) is 5.84. The van der Waals surface area contributed by atoms with Crippen molar-refractivity contribution in [1.82, 2.24) is 10.2 Å². The van der Waals surface area contributed by atoms with E-state index in [9.17, 15) is 9.59 Å². The van der Waals surface area contributed by atoms with Gasteiger partial charge in [0.1, 0.15) is 5.70 Å². The first-order valence-corrected chi connectivity index (χ1v) is 2.92. The number of hydrogen-bond donors (Lipinski definition) is 1. The first-order chi connectivity index (χ1) is 4.66. The summed E-state index contributed by atoms with van der Waals surface area (Å²) in [6.45, 7) is 1.70. The number of urea groups is 1. The van der Waals surface area contributed by atoms with E-state index >= 15 is 0 Å². The lowest BCUT2D eigenvalue weighted by Gasteiger charge is -1.99. The third kappa shape index (κ3) is 0.775. The van der Waals surface area contributed by atoms with Crippen LogP contribution in [-0.2, 0) is 4.79 Å². The van der Waals surface area contributed by atoms with Gasteiger partial charge >= 0.3 is 6.03 Å². The Bertz CT molecular complexity index is 220. The smallest absolute Gasteiger partial charge is 0.303 e. The van der Waals surface area contributed by atoms with E-state index in [1.54, 1.807) is 13.0 Å². The molecule has 1 aliphatic heterocycles. The van der Waals surface area contributed by atoms with Crippen LogP contribution in [0.5, 0.6) is 0 Å². The van der Waals surface area contributed by atoms with Gasteiger partial charge in [0.15, 0.2) is 0 Å². The van der Waals surface area contributed by atoms with Crippen LogP contribution in [-0.4, -0.2) is 23.9 Å². The maximum Gasteiger partial charge on any atom is 0.328 e. The number of allylic oxidation sites excluding steroid dienone is 1. The molecule has 0 aliphatic carbocycles. The standard InChI is InChI=1S/C6H8N2O2/c1-3-4-5(9)8(2)6(10)7-4/h3H,1-2H3,(H,7,10)/b4-3+. The lowest BCUT2D eigenvalue weighted by molar-refractivity contribution is -0.122. The van der Waals surface area contributed by atoms with Crippen LogP contribution < -0.4 is 5.32 Å². The van der Waals surface area contributed by atoms with Crippen molar-refractivity contribution in [2.75, 3.05) is 7.05 Å². The van der Waals surface area contributed by atoms with E-state index in [1.807, 2.05) is 0 Å². The quantitative estimate of drug-likeness (QED) is 0.382. The third-order valence-electron chi connectivity index (χ3n) is 1.37. The van der Waals surface area contributed by atoms with Gasteiger partial charge in [-0.15, -0.1) is 0 Å². The van der Waals surface area contributed by atoms with Crippen LogP contribution >= 0.6 is 0 Å². The molecule has 0 aromatic heterocycles. The topological polar surface area (TPSA) is 49.4 Å². The molecular formula is C6H8N2O2. The minimum atomic E-state index is -0.363. The Balaban J connectivity index is 2.92. The summed E-state index contributed by atoms with van der Waals surface area (Å²) in [7, 11) is 1.44. The number of nitrogens with zero attached hydrogens (tertiary/aromatic N) is 1. The van der Waals surface area contributed by atoms with Crippen LogP contribution in [0.2, 0.25) is 0 Å². The summed E-state index contributed by atoms with van der Waals surface area (Å²) in [5, 5.41) is 2.40. The predicted molar refractivity (Wildman–Crippen MR) is 35.1 cm³/mol. The van der Waals surface area contributed by atoms with Crippen molar-refractivity contribution in [3.8, 4) is 0 Å². The van der Waals surface area contributed by atoms with Gasteiger partial charge in [-0.3, -0.25) is 9.69 Å². The SMILES string of the molecule is C/C=C1/NC(=O)N(C)C1=O. The molecule has 4 nitrogen and oxygen atoms in total. The van der Waals surface area contributed by atoms with Crippen molar-refractivity contribution >= 4 is 11.9 Å². The molecule has 0 atom stereocenters. The van der Waals surface area contributed by atoms with E-state index < -0.39 is 0 Å². The number of carbonyl (C=O) groups excluding carboxylic acids is 2. The average Bonchev–Trinajstić information content (AvgIpc) is 2.17. The summed E-state index contributed by atoms with van der Waals surface area (Å²) in [5.41, 5.74) is 0.354. The summed E-state index contributed by atoms with van der Waals surface area (Å²) in [6, 6.07) is -0.363. The van der Waals surface area contributed by atoms with Crippen LogP contribution in [0, 0.1) is 0 Å². The van der Waals surface area contributed by atoms with E-state index in [0.717, 1.165) is 4.90 Å². The summed E-state index contributed by atoms with van der Waals surface area (Å²) >= 11 is 0. The summed E-state index contributed by atoms with van der Waals surface area (Å²) < 4.78 is 0. The van der Waals surface area contributed by atoms with E-state index in [-0.39, 0.29) is 11.9 Å².